The number of rotatable bonds is 8. The van der Waals surface area contributed by atoms with E-state index in [1.165, 1.54) is 57.9 Å². The summed E-state index contributed by atoms with van der Waals surface area (Å²) in [5.74, 6) is 1.89. The third-order valence-corrected chi connectivity index (χ3v) is 6.90. The Balaban J connectivity index is 1.50. The number of carbonyl (C=O) groups excluding carboxylic acids is 1. The van der Waals surface area contributed by atoms with Crippen LogP contribution in [0.1, 0.15) is 82.7 Å². The predicted molar refractivity (Wildman–Crippen MR) is 108 cm³/mol. The molecule has 2 aliphatic rings. The number of carbonyl (C=O) groups is 1. The van der Waals surface area contributed by atoms with Gasteiger partial charge in [0.1, 0.15) is 5.01 Å². The lowest BCUT2D eigenvalue weighted by Gasteiger charge is -2.34. The molecule has 0 unspecified atom stereocenters. The third kappa shape index (κ3) is 5.78. The molecule has 3 rings (SSSR count). The molecular weight excluding hydrogens is 342 g/mol. The molecule has 0 radical (unpaired) electrons. The van der Waals surface area contributed by atoms with Crippen LogP contribution < -0.4 is 10.6 Å². The second-order valence-electron chi connectivity index (χ2n) is 8.68. The van der Waals surface area contributed by atoms with Crippen LogP contribution in [0, 0.1) is 17.8 Å². The monoisotopic (exact) mass is 377 g/mol. The van der Waals surface area contributed by atoms with Gasteiger partial charge >= 0.3 is 0 Å². The lowest BCUT2D eigenvalue weighted by molar-refractivity contribution is -0.123. The van der Waals surface area contributed by atoms with Crippen molar-refractivity contribution >= 4 is 17.2 Å². The second kappa shape index (κ2) is 9.84. The molecule has 26 heavy (non-hydrogen) atoms. The summed E-state index contributed by atoms with van der Waals surface area (Å²) in [5, 5.41) is 10.2. The van der Waals surface area contributed by atoms with E-state index in [-0.39, 0.29) is 11.9 Å². The van der Waals surface area contributed by atoms with Gasteiger partial charge in [-0.05, 0) is 62.8 Å². The maximum absolute atomic E-state index is 12.4. The van der Waals surface area contributed by atoms with Crippen molar-refractivity contribution in [1.82, 2.24) is 15.6 Å². The first-order valence-corrected chi connectivity index (χ1v) is 11.4. The SMILES string of the molecule is CC(C)CC(=O)N[C@@H](c1nccs1)C1CCC(CNC2CCCC2)CC1. The standard InChI is InChI=1S/C21H35N3OS/c1-15(2)13-19(25)24-20(21-22-11-12-26-21)17-9-7-16(8-10-17)14-23-18-5-3-4-6-18/h11-12,15-18,20,23H,3-10,13-14H2,1-2H3,(H,24,25)/t16?,17?,20-/m1/s1. The Bertz CT molecular complexity index is 531. The van der Waals surface area contributed by atoms with Crippen molar-refractivity contribution in [1.29, 1.82) is 0 Å². The summed E-state index contributed by atoms with van der Waals surface area (Å²) in [6.07, 6.45) is 12.9. The first kappa shape index (κ1) is 19.8. The maximum atomic E-state index is 12.4. The number of nitrogens with one attached hydrogen (secondary N) is 2. The molecular formula is C21H35N3OS. The van der Waals surface area contributed by atoms with Crippen LogP contribution in [-0.2, 0) is 4.79 Å². The summed E-state index contributed by atoms with van der Waals surface area (Å²) in [6.45, 7) is 5.38. The van der Waals surface area contributed by atoms with Crippen LogP contribution in [0.4, 0.5) is 0 Å². The van der Waals surface area contributed by atoms with Gasteiger partial charge in [0, 0.05) is 24.0 Å². The average molecular weight is 378 g/mol. The smallest absolute Gasteiger partial charge is 0.220 e. The number of nitrogens with zero attached hydrogens (tertiary/aromatic N) is 1. The van der Waals surface area contributed by atoms with Crippen LogP contribution in [-0.4, -0.2) is 23.5 Å². The van der Waals surface area contributed by atoms with Gasteiger partial charge in [-0.3, -0.25) is 4.79 Å². The van der Waals surface area contributed by atoms with Gasteiger partial charge in [0.15, 0.2) is 0 Å². The highest BCUT2D eigenvalue weighted by molar-refractivity contribution is 7.09. The molecule has 146 valence electrons. The van der Waals surface area contributed by atoms with Crippen molar-refractivity contribution in [2.24, 2.45) is 17.8 Å². The minimum atomic E-state index is 0.102. The number of hydrogen-bond acceptors (Lipinski definition) is 4. The van der Waals surface area contributed by atoms with Crippen molar-refractivity contribution in [3.05, 3.63) is 16.6 Å². The number of aromatic nitrogens is 1. The van der Waals surface area contributed by atoms with E-state index in [1.807, 2.05) is 11.6 Å². The fourth-order valence-electron chi connectivity index (χ4n) is 4.56. The normalized spacial score (nSPS) is 25.5. The van der Waals surface area contributed by atoms with E-state index in [0.717, 1.165) is 17.0 Å². The molecule has 2 N–H and O–H groups in total. The van der Waals surface area contributed by atoms with E-state index in [9.17, 15) is 4.79 Å². The van der Waals surface area contributed by atoms with E-state index in [4.69, 9.17) is 0 Å². The van der Waals surface area contributed by atoms with Gasteiger partial charge in [-0.2, -0.15) is 0 Å². The van der Waals surface area contributed by atoms with Crippen molar-refractivity contribution in [3.63, 3.8) is 0 Å². The van der Waals surface area contributed by atoms with Gasteiger partial charge in [-0.1, -0.05) is 26.7 Å². The highest BCUT2D eigenvalue weighted by atomic mass is 32.1. The molecule has 1 amide bonds. The summed E-state index contributed by atoms with van der Waals surface area (Å²) in [6, 6.07) is 0.871. The molecule has 2 fully saturated rings. The Morgan fingerprint density at radius 3 is 2.54 bits per heavy atom. The minimum Gasteiger partial charge on any atom is -0.347 e. The molecule has 0 bridgehead atoms. The largest absolute Gasteiger partial charge is 0.347 e. The summed E-state index contributed by atoms with van der Waals surface area (Å²) in [5.41, 5.74) is 0. The summed E-state index contributed by atoms with van der Waals surface area (Å²) in [4.78, 5) is 16.9. The van der Waals surface area contributed by atoms with Crippen LogP contribution in [0.25, 0.3) is 0 Å². The lowest BCUT2D eigenvalue weighted by atomic mass is 9.78. The van der Waals surface area contributed by atoms with Crippen LogP contribution in [0.15, 0.2) is 11.6 Å². The molecule has 4 nitrogen and oxygen atoms in total. The lowest BCUT2D eigenvalue weighted by Crippen LogP contribution is -2.37. The zero-order chi connectivity index (χ0) is 18.4. The van der Waals surface area contributed by atoms with Gasteiger partial charge in [0.2, 0.25) is 5.91 Å². The molecule has 0 aliphatic heterocycles. The third-order valence-electron chi connectivity index (χ3n) is 6.04. The molecule has 1 heterocycles. The van der Waals surface area contributed by atoms with Gasteiger partial charge in [-0.15, -0.1) is 11.3 Å². The van der Waals surface area contributed by atoms with E-state index >= 15 is 0 Å². The molecule has 0 aromatic carbocycles. The Hall–Kier alpha value is -0.940. The van der Waals surface area contributed by atoms with Crippen LogP contribution in [0.5, 0.6) is 0 Å². The van der Waals surface area contributed by atoms with E-state index in [1.54, 1.807) is 11.3 Å². The summed E-state index contributed by atoms with van der Waals surface area (Å²) < 4.78 is 0. The molecule has 1 aromatic rings. The topological polar surface area (TPSA) is 54.0 Å². The second-order valence-corrected chi connectivity index (χ2v) is 9.61. The van der Waals surface area contributed by atoms with Crippen molar-refractivity contribution in [3.8, 4) is 0 Å². The van der Waals surface area contributed by atoms with Gasteiger partial charge in [0.05, 0.1) is 6.04 Å². The first-order valence-electron chi connectivity index (χ1n) is 10.5. The highest BCUT2D eigenvalue weighted by Crippen LogP contribution is 2.37. The Morgan fingerprint density at radius 2 is 1.92 bits per heavy atom. The fraction of sp³-hybridized carbons (Fsp3) is 0.810. The molecule has 0 spiro atoms. The zero-order valence-electron chi connectivity index (χ0n) is 16.4. The fourth-order valence-corrected chi connectivity index (χ4v) is 5.34. The molecule has 0 saturated heterocycles. The van der Waals surface area contributed by atoms with Gasteiger partial charge in [-0.25, -0.2) is 4.98 Å². The Morgan fingerprint density at radius 1 is 1.19 bits per heavy atom. The molecule has 5 heteroatoms. The van der Waals surface area contributed by atoms with Crippen LogP contribution in [0.2, 0.25) is 0 Å². The van der Waals surface area contributed by atoms with Crippen LogP contribution in [0.3, 0.4) is 0 Å². The zero-order valence-corrected chi connectivity index (χ0v) is 17.2. The highest BCUT2D eigenvalue weighted by Gasteiger charge is 2.31. The predicted octanol–water partition coefficient (Wildman–Crippen LogP) is 4.69. The molecule has 1 atom stereocenters. The molecule has 1 aromatic heterocycles. The quantitative estimate of drug-likeness (QED) is 0.691. The van der Waals surface area contributed by atoms with Crippen molar-refractivity contribution < 1.29 is 4.79 Å². The Labute approximate surface area is 162 Å². The van der Waals surface area contributed by atoms with Crippen LogP contribution >= 0.6 is 11.3 Å². The van der Waals surface area contributed by atoms with Gasteiger partial charge < -0.3 is 10.6 Å². The number of amides is 1. The summed E-state index contributed by atoms with van der Waals surface area (Å²) >= 11 is 1.68. The molecule has 2 saturated carbocycles. The maximum Gasteiger partial charge on any atom is 0.220 e. The van der Waals surface area contributed by atoms with Crippen molar-refractivity contribution in [2.75, 3.05) is 6.54 Å². The average Bonchev–Trinajstić information content (AvgIpc) is 3.31. The Kier molecular flexibility index (Phi) is 7.50. The van der Waals surface area contributed by atoms with E-state index in [0.29, 0.717) is 18.3 Å². The minimum absolute atomic E-state index is 0.102. The summed E-state index contributed by atoms with van der Waals surface area (Å²) in [7, 11) is 0. The number of hydrogen-bond donors (Lipinski definition) is 2. The van der Waals surface area contributed by atoms with Gasteiger partial charge in [0.25, 0.3) is 0 Å². The van der Waals surface area contributed by atoms with E-state index < -0.39 is 0 Å². The number of thiazole rings is 1. The van der Waals surface area contributed by atoms with Crippen molar-refractivity contribution in [2.45, 2.75) is 83.7 Å². The van der Waals surface area contributed by atoms with E-state index in [2.05, 4.69) is 29.5 Å². The first-order chi connectivity index (χ1) is 12.6. The molecule has 2 aliphatic carbocycles.